The van der Waals surface area contributed by atoms with Gasteiger partial charge < -0.3 is 5.32 Å². The van der Waals surface area contributed by atoms with Crippen molar-refractivity contribution >= 4 is 5.69 Å². The van der Waals surface area contributed by atoms with Crippen LogP contribution in [0.3, 0.4) is 0 Å². The Morgan fingerprint density at radius 1 is 1.24 bits per heavy atom. The molecule has 21 heavy (non-hydrogen) atoms. The molecule has 0 radical (unpaired) electrons. The molecule has 0 bridgehead atoms. The quantitative estimate of drug-likeness (QED) is 0.649. The molecule has 1 rings (SSSR count). The molecule has 0 spiro atoms. The molecule has 0 atom stereocenters. The SMILES string of the molecule is CC/C=C(/C=C(/C)Nc1cccc(CCC)c1)C(F)(F)F. The minimum Gasteiger partial charge on any atom is -0.359 e. The number of allylic oxidation sites excluding steroid dienone is 4. The van der Waals surface area contributed by atoms with Gasteiger partial charge in [0.25, 0.3) is 0 Å². The van der Waals surface area contributed by atoms with Gasteiger partial charge >= 0.3 is 6.18 Å². The lowest BCUT2D eigenvalue weighted by atomic mass is 10.1. The lowest BCUT2D eigenvalue weighted by Gasteiger charge is -2.12. The topological polar surface area (TPSA) is 12.0 Å². The second-order valence-corrected chi connectivity index (χ2v) is 4.97. The monoisotopic (exact) mass is 297 g/mol. The molecule has 0 saturated carbocycles. The van der Waals surface area contributed by atoms with Gasteiger partial charge in [0.2, 0.25) is 0 Å². The first kappa shape index (κ1) is 17.3. The Hall–Kier alpha value is -1.71. The maximum atomic E-state index is 12.8. The van der Waals surface area contributed by atoms with Gasteiger partial charge in [0.15, 0.2) is 0 Å². The van der Waals surface area contributed by atoms with E-state index in [-0.39, 0.29) is 0 Å². The van der Waals surface area contributed by atoms with Crippen molar-refractivity contribution in [3.8, 4) is 0 Å². The van der Waals surface area contributed by atoms with Gasteiger partial charge in [0, 0.05) is 11.4 Å². The molecule has 1 aromatic rings. The van der Waals surface area contributed by atoms with Crippen molar-refractivity contribution in [1.29, 1.82) is 0 Å². The zero-order chi connectivity index (χ0) is 15.9. The fourth-order valence-electron chi connectivity index (χ4n) is 2.07. The van der Waals surface area contributed by atoms with E-state index in [0.29, 0.717) is 12.1 Å². The molecular formula is C17H22F3N. The largest absolute Gasteiger partial charge is 0.416 e. The first-order chi connectivity index (χ1) is 9.86. The van der Waals surface area contributed by atoms with Crippen molar-refractivity contribution < 1.29 is 13.2 Å². The summed E-state index contributed by atoms with van der Waals surface area (Å²) in [4.78, 5) is 0. The molecule has 0 fully saturated rings. The molecule has 0 aliphatic heterocycles. The second-order valence-electron chi connectivity index (χ2n) is 4.97. The van der Waals surface area contributed by atoms with Gasteiger partial charge in [-0.3, -0.25) is 0 Å². The van der Waals surface area contributed by atoms with Gasteiger partial charge in [0.1, 0.15) is 0 Å². The summed E-state index contributed by atoms with van der Waals surface area (Å²) in [6, 6.07) is 7.75. The summed E-state index contributed by atoms with van der Waals surface area (Å²) in [7, 11) is 0. The minimum absolute atomic E-state index is 0.352. The van der Waals surface area contributed by atoms with Crippen molar-refractivity contribution in [2.24, 2.45) is 0 Å². The predicted molar refractivity (Wildman–Crippen MR) is 82.2 cm³/mol. The van der Waals surface area contributed by atoms with E-state index in [1.807, 2.05) is 24.3 Å². The van der Waals surface area contributed by atoms with E-state index >= 15 is 0 Å². The maximum absolute atomic E-state index is 12.8. The van der Waals surface area contributed by atoms with Crippen molar-refractivity contribution in [1.82, 2.24) is 0 Å². The molecule has 0 unspecified atom stereocenters. The first-order valence-corrected chi connectivity index (χ1v) is 7.18. The van der Waals surface area contributed by atoms with E-state index in [1.54, 1.807) is 13.8 Å². The van der Waals surface area contributed by atoms with Crippen LogP contribution in [0.5, 0.6) is 0 Å². The predicted octanol–water partition coefficient (Wildman–Crippen LogP) is 5.85. The third-order valence-electron chi connectivity index (χ3n) is 2.93. The van der Waals surface area contributed by atoms with E-state index in [9.17, 15) is 13.2 Å². The Morgan fingerprint density at radius 3 is 2.52 bits per heavy atom. The molecule has 1 N–H and O–H groups in total. The van der Waals surface area contributed by atoms with Crippen LogP contribution in [0, 0.1) is 0 Å². The average Bonchev–Trinajstić information content (AvgIpc) is 2.38. The number of nitrogens with one attached hydrogen (secondary N) is 1. The van der Waals surface area contributed by atoms with Crippen LogP contribution >= 0.6 is 0 Å². The standard InChI is InChI=1S/C17H22F3N/c1-4-7-14-9-6-10-16(12-14)21-13(3)11-15(8-5-2)17(18,19)20/h6,8-12,21H,4-5,7H2,1-3H3/b13-11-,15-8-. The molecule has 0 amide bonds. The molecule has 0 heterocycles. The first-order valence-electron chi connectivity index (χ1n) is 7.18. The number of anilines is 1. The van der Waals surface area contributed by atoms with Crippen LogP contribution in [0.25, 0.3) is 0 Å². The summed E-state index contributed by atoms with van der Waals surface area (Å²) in [5.41, 5.74) is 1.85. The van der Waals surface area contributed by atoms with Gasteiger partial charge in [-0.1, -0.05) is 38.5 Å². The van der Waals surface area contributed by atoms with Crippen LogP contribution in [0.4, 0.5) is 18.9 Å². The molecule has 1 nitrogen and oxygen atoms in total. The number of halogens is 3. The number of benzene rings is 1. The molecule has 116 valence electrons. The third kappa shape index (κ3) is 6.06. The van der Waals surface area contributed by atoms with Gasteiger partial charge in [-0.15, -0.1) is 0 Å². The molecule has 0 saturated heterocycles. The van der Waals surface area contributed by atoms with Crippen LogP contribution in [-0.2, 0) is 6.42 Å². The molecular weight excluding hydrogens is 275 g/mol. The third-order valence-corrected chi connectivity index (χ3v) is 2.93. The zero-order valence-electron chi connectivity index (χ0n) is 12.7. The lowest BCUT2D eigenvalue weighted by molar-refractivity contribution is -0.0884. The van der Waals surface area contributed by atoms with Crippen LogP contribution in [0.1, 0.15) is 39.2 Å². The lowest BCUT2D eigenvalue weighted by Crippen LogP contribution is -2.11. The summed E-state index contributed by atoms with van der Waals surface area (Å²) < 4.78 is 38.5. The number of hydrogen-bond donors (Lipinski definition) is 1. The molecule has 0 aromatic heterocycles. The van der Waals surface area contributed by atoms with E-state index in [4.69, 9.17) is 0 Å². The summed E-state index contributed by atoms with van der Waals surface area (Å²) in [6.45, 7) is 5.43. The van der Waals surface area contributed by atoms with E-state index < -0.39 is 11.7 Å². The van der Waals surface area contributed by atoms with Crippen molar-refractivity contribution in [2.45, 2.75) is 46.2 Å². The molecule has 0 aliphatic carbocycles. The highest BCUT2D eigenvalue weighted by Crippen LogP contribution is 2.28. The normalized spacial score (nSPS) is 13.4. The van der Waals surface area contributed by atoms with Gasteiger partial charge in [-0.05, 0) is 43.5 Å². The van der Waals surface area contributed by atoms with Crippen LogP contribution in [-0.4, -0.2) is 6.18 Å². The summed E-state index contributed by atoms with van der Waals surface area (Å²) in [6.07, 6.45) is 0.375. The van der Waals surface area contributed by atoms with Crippen molar-refractivity contribution in [3.63, 3.8) is 0 Å². The molecule has 0 aliphatic rings. The van der Waals surface area contributed by atoms with Crippen molar-refractivity contribution in [2.75, 3.05) is 5.32 Å². The van der Waals surface area contributed by atoms with Crippen LogP contribution in [0.15, 0.2) is 47.7 Å². The Kier molecular flexibility index (Phi) is 6.53. The highest BCUT2D eigenvalue weighted by atomic mass is 19.4. The molecule has 4 heteroatoms. The Bertz CT molecular complexity index is 513. The van der Waals surface area contributed by atoms with Gasteiger partial charge in [0.05, 0.1) is 5.57 Å². The summed E-state index contributed by atoms with van der Waals surface area (Å²) >= 11 is 0. The Labute approximate surface area is 124 Å². The Morgan fingerprint density at radius 2 is 1.95 bits per heavy atom. The van der Waals surface area contributed by atoms with E-state index in [1.165, 1.54) is 11.6 Å². The number of rotatable bonds is 6. The molecule has 1 aromatic carbocycles. The fraction of sp³-hybridized carbons (Fsp3) is 0.412. The number of aryl methyl sites for hydroxylation is 1. The van der Waals surface area contributed by atoms with Gasteiger partial charge in [-0.2, -0.15) is 13.2 Å². The highest BCUT2D eigenvalue weighted by molar-refractivity contribution is 5.51. The summed E-state index contributed by atoms with van der Waals surface area (Å²) in [5.74, 6) is 0. The van der Waals surface area contributed by atoms with Crippen LogP contribution in [0.2, 0.25) is 0 Å². The zero-order valence-corrected chi connectivity index (χ0v) is 12.7. The van der Waals surface area contributed by atoms with E-state index in [0.717, 1.165) is 24.6 Å². The maximum Gasteiger partial charge on any atom is 0.416 e. The Balaban J connectivity index is 2.88. The van der Waals surface area contributed by atoms with E-state index in [2.05, 4.69) is 12.2 Å². The highest BCUT2D eigenvalue weighted by Gasteiger charge is 2.31. The number of hydrogen-bond acceptors (Lipinski definition) is 1. The fourth-order valence-corrected chi connectivity index (χ4v) is 2.07. The average molecular weight is 297 g/mol. The second kappa shape index (κ2) is 7.91. The smallest absolute Gasteiger partial charge is 0.359 e. The van der Waals surface area contributed by atoms with Crippen LogP contribution < -0.4 is 5.32 Å². The van der Waals surface area contributed by atoms with Gasteiger partial charge in [-0.25, -0.2) is 0 Å². The number of alkyl halides is 3. The summed E-state index contributed by atoms with van der Waals surface area (Å²) in [5, 5.41) is 3.02. The van der Waals surface area contributed by atoms with Crippen molar-refractivity contribution in [3.05, 3.63) is 53.3 Å². The minimum atomic E-state index is -4.32.